The van der Waals surface area contributed by atoms with Crippen molar-refractivity contribution < 1.29 is 0 Å². The Balaban J connectivity index is 2.27. The van der Waals surface area contributed by atoms with E-state index in [0.717, 1.165) is 17.1 Å². The van der Waals surface area contributed by atoms with Crippen molar-refractivity contribution in [1.29, 1.82) is 0 Å². The lowest BCUT2D eigenvalue weighted by Crippen LogP contribution is -2.36. The maximum atomic E-state index is 6.44. The number of hydrogen-bond donors (Lipinski definition) is 1. The van der Waals surface area contributed by atoms with Crippen LogP contribution in [0.15, 0.2) is 29.6 Å². The lowest BCUT2D eigenvalue weighted by molar-refractivity contribution is 0.483. The second-order valence-electron chi connectivity index (χ2n) is 4.77. The molecule has 0 aliphatic carbocycles. The predicted molar refractivity (Wildman–Crippen MR) is 73.3 cm³/mol. The van der Waals surface area contributed by atoms with Crippen LogP contribution >= 0.6 is 11.3 Å². The number of aryl methyl sites for hydroxylation is 2. The molecule has 3 heteroatoms. The fraction of sp³-hybridized carbons (Fsp3) is 0.357. The van der Waals surface area contributed by atoms with E-state index in [1.165, 1.54) is 11.1 Å². The van der Waals surface area contributed by atoms with Crippen LogP contribution in [0, 0.1) is 13.8 Å². The zero-order valence-electron chi connectivity index (χ0n) is 10.5. The summed E-state index contributed by atoms with van der Waals surface area (Å²) >= 11 is 1.68. The van der Waals surface area contributed by atoms with Crippen LogP contribution < -0.4 is 5.73 Å². The Kier molecular flexibility index (Phi) is 3.31. The van der Waals surface area contributed by atoms with Gasteiger partial charge in [-0.15, -0.1) is 11.3 Å². The average molecular weight is 246 g/mol. The van der Waals surface area contributed by atoms with Crippen LogP contribution in [0.1, 0.15) is 28.8 Å². The van der Waals surface area contributed by atoms with Gasteiger partial charge in [-0.1, -0.05) is 24.3 Å². The summed E-state index contributed by atoms with van der Waals surface area (Å²) in [6.07, 6.45) is 0.780. The van der Waals surface area contributed by atoms with E-state index in [1.807, 2.05) is 19.1 Å². The Morgan fingerprint density at radius 1 is 1.29 bits per heavy atom. The molecule has 0 amide bonds. The van der Waals surface area contributed by atoms with Crippen LogP contribution in [0.5, 0.6) is 0 Å². The van der Waals surface area contributed by atoms with Gasteiger partial charge in [-0.05, 0) is 31.9 Å². The van der Waals surface area contributed by atoms with Crippen LogP contribution in [0.3, 0.4) is 0 Å². The van der Waals surface area contributed by atoms with Gasteiger partial charge in [0.05, 0.1) is 10.7 Å². The van der Waals surface area contributed by atoms with Crippen molar-refractivity contribution in [3.8, 4) is 0 Å². The quantitative estimate of drug-likeness (QED) is 0.903. The van der Waals surface area contributed by atoms with Crippen molar-refractivity contribution in [2.75, 3.05) is 0 Å². The summed E-state index contributed by atoms with van der Waals surface area (Å²) in [6.45, 7) is 6.20. The molecule has 0 aliphatic heterocycles. The van der Waals surface area contributed by atoms with Crippen molar-refractivity contribution in [1.82, 2.24) is 4.98 Å². The standard InChI is InChI=1S/C14H18N2S/c1-10-6-4-5-7-13(10)14(3,15)8-12-9-17-11(2)16-12/h4-7,9H,8,15H2,1-3H3. The molecule has 1 aromatic heterocycles. The Morgan fingerprint density at radius 3 is 2.59 bits per heavy atom. The molecular formula is C14H18N2S. The molecule has 1 atom stereocenters. The Bertz CT molecular complexity index is 514. The lowest BCUT2D eigenvalue weighted by Gasteiger charge is -2.26. The first-order valence-electron chi connectivity index (χ1n) is 5.75. The van der Waals surface area contributed by atoms with Gasteiger partial charge < -0.3 is 5.73 Å². The minimum Gasteiger partial charge on any atom is -0.321 e. The van der Waals surface area contributed by atoms with Crippen molar-refractivity contribution >= 4 is 11.3 Å². The van der Waals surface area contributed by atoms with Crippen LogP contribution in [-0.2, 0) is 12.0 Å². The van der Waals surface area contributed by atoms with Crippen LogP contribution in [0.4, 0.5) is 0 Å². The van der Waals surface area contributed by atoms with Gasteiger partial charge in [-0.25, -0.2) is 4.98 Å². The highest BCUT2D eigenvalue weighted by Gasteiger charge is 2.24. The number of nitrogens with two attached hydrogens (primary N) is 1. The first-order valence-corrected chi connectivity index (χ1v) is 6.63. The van der Waals surface area contributed by atoms with E-state index in [9.17, 15) is 0 Å². The van der Waals surface area contributed by atoms with Crippen LogP contribution in [0.25, 0.3) is 0 Å². The molecule has 0 saturated heterocycles. The Hall–Kier alpha value is -1.19. The molecule has 1 aromatic carbocycles. The predicted octanol–water partition coefficient (Wildman–Crippen LogP) is 3.18. The summed E-state index contributed by atoms with van der Waals surface area (Å²) in [6, 6.07) is 8.29. The number of benzene rings is 1. The number of aromatic nitrogens is 1. The highest BCUT2D eigenvalue weighted by Crippen LogP contribution is 2.25. The van der Waals surface area contributed by atoms with E-state index in [-0.39, 0.29) is 5.54 Å². The highest BCUT2D eigenvalue weighted by molar-refractivity contribution is 7.09. The van der Waals surface area contributed by atoms with E-state index in [1.54, 1.807) is 11.3 Å². The van der Waals surface area contributed by atoms with E-state index in [2.05, 4.69) is 36.3 Å². The summed E-state index contributed by atoms with van der Waals surface area (Å²) in [5, 5.41) is 3.19. The molecule has 0 radical (unpaired) electrons. The van der Waals surface area contributed by atoms with Gasteiger partial charge in [0.15, 0.2) is 0 Å². The van der Waals surface area contributed by atoms with Crippen molar-refractivity contribution in [3.63, 3.8) is 0 Å². The van der Waals surface area contributed by atoms with Gasteiger partial charge in [0, 0.05) is 17.3 Å². The van der Waals surface area contributed by atoms with Crippen molar-refractivity contribution in [3.05, 3.63) is 51.5 Å². The van der Waals surface area contributed by atoms with Crippen molar-refractivity contribution in [2.24, 2.45) is 5.73 Å². The summed E-state index contributed by atoms with van der Waals surface area (Å²) < 4.78 is 0. The second kappa shape index (κ2) is 4.59. The average Bonchev–Trinajstić information content (AvgIpc) is 2.63. The molecule has 0 bridgehead atoms. The summed E-state index contributed by atoms with van der Waals surface area (Å²) in [7, 11) is 0. The van der Waals surface area contributed by atoms with Crippen LogP contribution in [-0.4, -0.2) is 4.98 Å². The van der Waals surface area contributed by atoms with E-state index >= 15 is 0 Å². The summed E-state index contributed by atoms with van der Waals surface area (Å²) in [5.74, 6) is 0. The van der Waals surface area contributed by atoms with E-state index in [4.69, 9.17) is 5.73 Å². The molecule has 90 valence electrons. The van der Waals surface area contributed by atoms with Gasteiger partial charge >= 0.3 is 0 Å². The smallest absolute Gasteiger partial charge is 0.0897 e. The van der Waals surface area contributed by atoms with E-state index in [0.29, 0.717) is 0 Å². The molecule has 2 aromatic rings. The molecule has 1 heterocycles. The Morgan fingerprint density at radius 2 is 2.00 bits per heavy atom. The maximum absolute atomic E-state index is 6.44. The fourth-order valence-electron chi connectivity index (χ4n) is 2.17. The third-order valence-electron chi connectivity index (χ3n) is 2.98. The van der Waals surface area contributed by atoms with Gasteiger partial charge in [0.1, 0.15) is 0 Å². The number of thiazole rings is 1. The Labute approximate surface area is 107 Å². The molecule has 0 spiro atoms. The molecule has 17 heavy (non-hydrogen) atoms. The monoisotopic (exact) mass is 246 g/mol. The minimum atomic E-state index is -0.355. The van der Waals surface area contributed by atoms with Gasteiger partial charge in [-0.2, -0.15) is 0 Å². The fourth-order valence-corrected chi connectivity index (χ4v) is 2.79. The SMILES string of the molecule is Cc1nc(CC(C)(N)c2ccccc2C)cs1. The van der Waals surface area contributed by atoms with Gasteiger partial charge in [0.25, 0.3) is 0 Å². The number of nitrogens with zero attached hydrogens (tertiary/aromatic N) is 1. The summed E-state index contributed by atoms with van der Waals surface area (Å²) in [5.41, 5.74) is 9.61. The molecule has 2 rings (SSSR count). The topological polar surface area (TPSA) is 38.9 Å². The zero-order valence-corrected chi connectivity index (χ0v) is 11.3. The molecule has 1 unspecified atom stereocenters. The number of hydrogen-bond acceptors (Lipinski definition) is 3. The first kappa shape index (κ1) is 12.3. The van der Waals surface area contributed by atoms with Gasteiger partial charge in [-0.3, -0.25) is 0 Å². The number of rotatable bonds is 3. The molecule has 0 saturated carbocycles. The third-order valence-corrected chi connectivity index (χ3v) is 3.80. The normalized spacial score (nSPS) is 14.6. The second-order valence-corrected chi connectivity index (χ2v) is 5.83. The summed E-state index contributed by atoms with van der Waals surface area (Å²) in [4.78, 5) is 4.49. The highest BCUT2D eigenvalue weighted by atomic mass is 32.1. The van der Waals surface area contributed by atoms with Gasteiger partial charge in [0.2, 0.25) is 0 Å². The molecule has 2 nitrogen and oxygen atoms in total. The van der Waals surface area contributed by atoms with Crippen molar-refractivity contribution in [2.45, 2.75) is 32.7 Å². The lowest BCUT2D eigenvalue weighted by atomic mass is 9.86. The molecular weight excluding hydrogens is 228 g/mol. The largest absolute Gasteiger partial charge is 0.321 e. The van der Waals surface area contributed by atoms with Crippen LogP contribution in [0.2, 0.25) is 0 Å². The zero-order chi connectivity index (χ0) is 12.5. The molecule has 0 aliphatic rings. The van der Waals surface area contributed by atoms with E-state index < -0.39 is 0 Å². The third kappa shape index (κ3) is 2.73. The molecule has 0 fully saturated rings. The minimum absolute atomic E-state index is 0.355. The molecule has 2 N–H and O–H groups in total. The first-order chi connectivity index (χ1) is 7.99. The maximum Gasteiger partial charge on any atom is 0.0897 e.